The molecule has 6 nitrogen and oxygen atoms in total. The summed E-state index contributed by atoms with van der Waals surface area (Å²) >= 11 is 0. The third kappa shape index (κ3) is 2.52. The number of aryl methyl sites for hydroxylation is 2. The number of amides is 3. The smallest absolute Gasteiger partial charge is 0.276 e. The molecule has 3 amide bonds. The van der Waals surface area contributed by atoms with Crippen LogP contribution >= 0.6 is 0 Å². The molecular formula is C19H20N2O4. The fourth-order valence-electron chi connectivity index (χ4n) is 4.12. The van der Waals surface area contributed by atoms with Gasteiger partial charge in [-0.05, 0) is 55.4 Å². The number of ether oxygens (including phenoxy) is 1. The zero-order valence-corrected chi connectivity index (χ0v) is 14.2. The molecule has 25 heavy (non-hydrogen) atoms. The zero-order valence-electron chi connectivity index (χ0n) is 14.2. The lowest BCUT2D eigenvalue weighted by atomic mass is 9.85. The Morgan fingerprint density at radius 3 is 2.36 bits per heavy atom. The number of carbonyl (C=O) groups is 3. The number of benzene rings is 1. The normalized spacial score (nSPS) is 29.3. The van der Waals surface area contributed by atoms with Crippen molar-refractivity contribution in [2.75, 3.05) is 6.61 Å². The molecule has 0 unspecified atom stereocenters. The SMILES string of the molecule is Cc1ccc(OCC(=O)NN2C(=O)[C@H]3[C@H](C2=O)[C@H]2C=C[C@H]3C2)cc1C. The van der Waals surface area contributed by atoms with Crippen LogP contribution in [-0.2, 0) is 14.4 Å². The van der Waals surface area contributed by atoms with Crippen molar-refractivity contribution in [1.82, 2.24) is 10.4 Å². The zero-order chi connectivity index (χ0) is 17.7. The Morgan fingerprint density at radius 2 is 1.76 bits per heavy atom. The molecule has 4 atom stereocenters. The summed E-state index contributed by atoms with van der Waals surface area (Å²) in [6.45, 7) is 3.71. The van der Waals surface area contributed by atoms with E-state index in [-0.39, 0.29) is 42.1 Å². The van der Waals surface area contributed by atoms with Gasteiger partial charge in [0.1, 0.15) is 5.75 Å². The number of allylic oxidation sites excluding steroid dienone is 2. The molecule has 0 radical (unpaired) electrons. The van der Waals surface area contributed by atoms with E-state index in [0.717, 1.165) is 22.6 Å². The van der Waals surface area contributed by atoms with E-state index < -0.39 is 5.91 Å². The van der Waals surface area contributed by atoms with Crippen molar-refractivity contribution >= 4 is 17.7 Å². The van der Waals surface area contributed by atoms with Crippen LogP contribution in [0.15, 0.2) is 30.4 Å². The van der Waals surface area contributed by atoms with Gasteiger partial charge in [0, 0.05) is 0 Å². The number of carbonyl (C=O) groups excluding carboxylic acids is 3. The minimum atomic E-state index is -0.514. The van der Waals surface area contributed by atoms with Crippen LogP contribution in [0.1, 0.15) is 17.5 Å². The van der Waals surface area contributed by atoms with Gasteiger partial charge in [-0.15, -0.1) is 0 Å². The van der Waals surface area contributed by atoms with Gasteiger partial charge in [0.2, 0.25) is 0 Å². The standard InChI is InChI=1S/C19H20N2O4/c1-10-3-6-14(7-11(10)2)25-9-15(22)20-21-18(23)16-12-4-5-13(8-12)17(16)19(21)24/h3-7,12-13,16-17H,8-9H2,1-2H3,(H,20,22)/t12-,13-,16+,17+/m0/s1. The maximum atomic E-state index is 12.5. The molecule has 4 rings (SSSR count). The van der Waals surface area contributed by atoms with Crippen molar-refractivity contribution in [2.45, 2.75) is 20.3 Å². The summed E-state index contributed by atoms with van der Waals surface area (Å²) in [4.78, 5) is 37.1. The Balaban J connectivity index is 1.37. The van der Waals surface area contributed by atoms with E-state index in [1.807, 2.05) is 38.1 Å². The van der Waals surface area contributed by atoms with E-state index in [1.54, 1.807) is 6.07 Å². The topological polar surface area (TPSA) is 75.7 Å². The number of hydrogen-bond donors (Lipinski definition) is 1. The van der Waals surface area contributed by atoms with Crippen LogP contribution in [0.3, 0.4) is 0 Å². The van der Waals surface area contributed by atoms with E-state index in [0.29, 0.717) is 5.75 Å². The van der Waals surface area contributed by atoms with Crippen LogP contribution in [0.4, 0.5) is 0 Å². The van der Waals surface area contributed by atoms with Crippen molar-refractivity contribution in [2.24, 2.45) is 23.7 Å². The number of hydrogen-bond acceptors (Lipinski definition) is 4. The van der Waals surface area contributed by atoms with E-state index in [9.17, 15) is 14.4 Å². The molecule has 6 heteroatoms. The molecule has 1 heterocycles. The molecule has 2 aliphatic carbocycles. The summed E-state index contributed by atoms with van der Waals surface area (Å²) < 4.78 is 5.46. The summed E-state index contributed by atoms with van der Waals surface area (Å²) in [6, 6.07) is 5.55. The largest absolute Gasteiger partial charge is 0.484 e. The summed E-state index contributed by atoms with van der Waals surface area (Å²) in [5.41, 5.74) is 4.62. The number of rotatable bonds is 4. The Kier molecular flexibility index (Phi) is 3.63. The molecule has 0 aromatic heterocycles. The number of imide groups is 1. The first kappa shape index (κ1) is 15.9. The van der Waals surface area contributed by atoms with Crippen molar-refractivity contribution in [1.29, 1.82) is 0 Å². The van der Waals surface area contributed by atoms with Gasteiger partial charge in [0.05, 0.1) is 11.8 Å². The minimum absolute atomic E-state index is 0.125. The van der Waals surface area contributed by atoms with Gasteiger partial charge in [-0.3, -0.25) is 19.8 Å². The average Bonchev–Trinajstić information content (AvgIpc) is 3.26. The highest BCUT2D eigenvalue weighted by Gasteiger charge is 2.59. The number of nitrogens with zero attached hydrogens (tertiary/aromatic N) is 1. The molecule has 2 fully saturated rings. The predicted molar refractivity (Wildman–Crippen MR) is 89.1 cm³/mol. The van der Waals surface area contributed by atoms with E-state index in [1.165, 1.54) is 0 Å². The predicted octanol–water partition coefficient (Wildman–Crippen LogP) is 1.52. The highest BCUT2D eigenvalue weighted by molar-refractivity contribution is 6.07. The summed E-state index contributed by atoms with van der Waals surface area (Å²) in [6.07, 6.45) is 4.90. The van der Waals surface area contributed by atoms with Gasteiger partial charge in [-0.1, -0.05) is 18.2 Å². The molecule has 0 spiro atoms. The molecule has 1 aromatic carbocycles. The quantitative estimate of drug-likeness (QED) is 0.666. The molecule has 2 bridgehead atoms. The van der Waals surface area contributed by atoms with Crippen LogP contribution < -0.4 is 10.2 Å². The lowest BCUT2D eigenvalue weighted by molar-refractivity contribution is -0.150. The highest BCUT2D eigenvalue weighted by atomic mass is 16.5. The van der Waals surface area contributed by atoms with E-state index in [2.05, 4.69) is 5.43 Å². The molecule has 130 valence electrons. The lowest BCUT2D eigenvalue weighted by Crippen LogP contribution is -2.48. The Bertz CT molecular complexity index is 771. The monoisotopic (exact) mass is 340 g/mol. The van der Waals surface area contributed by atoms with E-state index >= 15 is 0 Å². The van der Waals surface area contributed by atoms with Gasteiger partial charge in [0.15, 0.2) is 6.61 Å². The third-order valence-electron chi connectivity index (χ3n) is 5.56. The maximum absolute atomic E-state index is 12.5. The number of fused-ring (bicyclic) bond motifs is 5. The van der Waals surface area contributed by atoms with Gasteiger partial charge in [-0.2, -0.15) is 5.01 Å². The van der Waals surface area contributed by atoms with Crippen molar-refractivity contribution in [3.8, 4) is 5.75 Å². The Morgan fingerprint density at radius 1 is 1.12 bits per heavy atom. The first-order valence-corrected chi connectivity index (χ1v) is 8.51. The van der Waals surface area contributed by atoms with Crippen LogP contribution in [0, 0.1) is 37.5 Å². The van der Waals surface area contributed by atoms with Gasteiger partial charge in [0.25, 0.3) is 17.7 Å². The second-order valence-electron chi connectivity index (χ2n) is 7.08. The first-order valence-electron chi connectivity index (χ1n) is 8.51. The maximum Gasteiger partial charge on any atom is 0.276 e. The Hall–Kier alpha value is -2.63. The molecule has 1 N–H and O–H groups in total. The fourth-order valence-corrected chi connectivity index (χ4v) is 4.12. The summed E-state index contributed by atoms with van der Waals surface area (Å²) in [5, 5.41) is 0.896. The molecule has 1 aromatic rings. The van der Waals surface area contributed by atoms with E-state index in [4.69, 9.17) is 4.74 Å². The summed E-state index contributed by atoms with van der Waals surface area (Å²) in [5.74, 6) is -0.915. The molecular weight excluding hydrogens is 320 g/mol. The molecule has 1 saturated carbocycles. The van der Waals surface area contributed by atoms with Gasteiger partial charge < -0.3 is 4.74 Å². The van der Waals surface area contributed by atoms with Crippen LogP contribution in [-0.4, -0.2) is 29.3 Å². The molecule has 1 aliphatic heterocycles. The molecule has 3 aliphatic rings. The fraction of sp³-hybridized carbons (Fsp3) is 0.421. The van der Waals surface area contributed by atoms with Crippen LogP contribution in [0.25, 0.3) is 0 Å². The highest BCUT2D eigenvalue weighted by Crippen LogP contribution is 2.52. The van der Waals surface area contributed by atoms with Crippen molar-refractivity contribution < 1.29 is 19.1 Å². The minimum Gasteiger partial charge on any atom is -0.484 e. The summed E-state index contributed by atoms with van der Waals surface area (Å²) in [7, 11) is 0. The average molecular weight is 340 g/mol. The van der Waals surface area contributed by atoms with Gasteiger partial charge in [-0.25, -0.2) is 0 Å². The third-order valence-corrected chi connectivity index (χ3v) is 5.56. The molecule has 1 saturated heterocycles. The Labute approximate surface area is 145 Å². The van der Waals surface area contributed by atoms with Crippen LogP contribution in [0.2, 0.25) is 0 Å². The second kappa shape index (κ2) is 5.72. The van der Waals surface area contributed by atoms with Gasteiger partial charge >= 0.3 is 0 Å². The van der Waals surface area contributed by atoms with Crippen LogP contribution in [0.5, 0.6) is 5.75 Å². The van der Waals surface area contributed by atoms with Crippen molar-refractivity contribution in [3.63, 3.8) is 0 Å². The first-order chi connectivity index (χ1) is 12.0. The number of hydrazine groups is 1. The second-order valence-corrected chi connectivity index (χ2v) is 7.08. The van der Waals surface area contributed by atoms with Crippen molar-refractivity contribution in [3.05, 3.63) is 41.5 Å². The number of nitrogens with one attached hydrogen (secondary N) is 1. The lowest BCUT2D eigenvalue weighted by Gasteiger charge is -2.18.